The fraction of sp³-hybridized carbons (Fsp3) is 0.167. The van der Waals surface area contributed by atoms with Gasteiger partial charge in [0.15, 0.2) is 6.10 Å². The van der Waals surface area contributed by atoms with Crippen molar-refractivity contribution in [2.75, 3.05) is 7.11 Å². The first-order valence-corrected chi connectivity index (χ1v) is 7.02. The molecular weight excluding hydrogens is 302 g/mol. The zero-order valence-corrected chi connectivity index (χ0v) is 12.3. The number of ether oxygens (including phenoxy) is 2. The van der Waals surface area contributed by atoms with E-state index in [1.54, 1.807) is 42.5 Å². The Labute approximate surface area is 132 Å². The Balaban J connectivity index is 1.99. The minimum Gasteiger partial charge on any atom is -0.497 e. The summed E-state index contributed by atoms with van der Waals surface area (Å²) < 4.78 is 39.0. The molecule has 0 spiro atoms. The van der Waals surface area contributed by atoms with E-state index < -0.39 is 17.8 Å². The maximum absolute atomic E-state index is 14.3. The van der Waals surface area contributed by atoms with Gasteiger partial charge in [-0.1, -0.05) is 42.5 Å². The quantitative estimate of drug-likeness (QED) is 0.858. The van der Waals surface area contributed by atoms with Crippen molar-refractivity contribution in [2.24, 2.45) is 0 Å². The van der Waals surface area contributed by atoms with Gasteiger partial charge in [0.25, 0.3) is 0 Å². The first kappa shape index (κ1) is 15.2. The van der Waals surface area contributed by atoms with Crippen molar-refractivity contribution in [2.45, 2.75) is 12.0 Å². The van der Waals surface area contributed by atoms with Gasteiger partial charge in [0, 0.05) is 11.6 Å². The summed E-state index contributed by atoms with van der Waals surface area (Å²) in [6, 6.07) is 14.8. The number of rotatable bonds is 3. The predicted molar refractivity (Wildman–Crippen MR) is 81.2 cm³/mol. The highest BCUT2D eigenvalue weighted by molar-refractivity contribution is 6.02. The molecule has 0 radical (unpaired) electrons. The second-order valence-corrected chi connectivity index (χ2v) is 5.13. The zero-order valence-electron chi connectivity index (χ0n) is 12.3. The molecule has 23 heavy (non-hydrogen) atoms. The average Bonchev–Trinajstić information content (AvgIpc) is 2.58. The third-order valence-corrected chi connectivity index (χ3v) is 3.64. The molecule has 118 valence electrons. The summed E-state index contributed by atoms with van der Waals surface area (Å²) in [5.41, 5.74) is 0.792. The monoisotopic (exact) mass is 316 g/mol. The van der Waals surface area contributed by atoms with Crippen molar-refractivity contribution in [3.8, 4) is 5.75 Å². The van der Waals surface area contributed by atoms with Crippen LogP contribution in [0.25, 0.3) is 5.76 Å². The lowest BCUT2D eigenvalue weighted by atomic mass is 9.96. The van der Waals surface area contributed by atoms with E-state index in [-0.39, 0.29) is 11.3 Å². The Morgan fingerprint density at radius 3 is 2.30 bits per heavy atom. The number of carbonyl (C=O) groups is 1. The highest BCUT2D eigenvalue weighted by Crippen LogP contribution is 2.43. The highest BCUT2D eigenvalue weighted by Gasteiger charge is 2.51. The molecule has 3 nitrogen and oxygen atoms in total. The van der Waals surface area contributed by atoms with Gasteiger partial charge in [-0.05, 0) is 17.7 Å². The van der Waals surface area contributed by atoms with E-state index >= 15 is 0 Å². The van der Waals surface area contributed by atoms with E-state index in [1.807, 2.05) is 0 Å². The van der Waals surface area contributed by atoms with Crippen molar-refractivity contribution >= 4 is 11.5 Å². The molecule has 1 atom stereocenters. The standard InChI is InChI=1S/C18H14F2O3/c1-22-14-9-7-13(8-10-14)17-18(19,20)16(21)11-15(23-17)12-5-3-2-4-6-12/h2-11,17H,1H3. The van der Waals surface area contributed by atoms with E-state index in [1.165, 1.54) is 19.2 Å². The molecule has 0 bridgehead atoms. The lowest BCUT2D eigenvalue weighted by Crippen LogP contribution is -2.39. The van der Waals surface area contributed by atoms with Crippen molar-refractivity contribution in [3.63, 3.8) is 0 Å². The lowest BCUT2D eigenvalue weighted by Gasteiger charge is -2.31. The third kappa shape index (κ3) is 2.82. The SMILES string of the molecule is COc1ccc(C2OC(c3ccccc3)=CC(=O)C2(F)F)cc1. The number of allylic oxidation sites excluding steroid dienone is 1. The molecule has 1 aliphatic rings. The highest BCUT2D eigenvalue weighted by atomic mass is 19.3. The van der Waals surface area contributed by atoms with Crippen molar-refractivity contribution in [1.29, 1.82) is 0 Å². The number of ketones is 1. The molecule has 0 aromatic heterocycles. The summed E-state index contributed by atoms with van der Waals surface area (Å²) in [4.78, 5) is 11.9. The molecule has 0 saturated carbocycles. The average molecular weight is 316 g/mol. The Morgan fingerprint density at radius 1 is 1.04 bits per heavy atom. The van der Waals surface area contributed by atoms with Gasteiger partial charge in [-0.2, -0.15) is 8.78 Å². The predicted octanol–water partition coefficient (Wildman–Crippen LogP) is 4.01. The molecule has 2 aromatic carbocycles. The minimum absolute atomic E-state index is 0.141. The molecule has 1 heterocycles. The van der Waals surface area contributed by atoms with Crippen LogP contribution in [0.1, 0.15) is 17.2 Å². The van der Waals surface area contributed by atoms with Crippen LogP contribution in [-0.4, -0.2) is 18.8 Å². The summed E-state index contributed by atoms with van der Waals surface area (Å²) in [5, 5.41) is 0. The van der Waals surface area contributed by atoms with E-state index in [2.05, 4.69) is 0 Å². The Morgan fingerprint density at radius 2 is 1.70 bits per heavy atom. The number of alkyl halides is 2. The topological polar surface area (TPSA) is 35.5 Å². The smallest absolute Gasteiger partial charge is 0.349 e. The molecule has 0 N–H and O–H groups in total. The summed E-state index contributed by atoms with van der Waals surface area (Å²) >= 11 is 0. The summed E-state index contributed by atoms with van der Waals surface area (Å²) in [5.74, 6) is -4.20. The number of carbonyl (C=O) groups excluding carboxylic acids is 1. The number of methoxy groups -OCH3 is 1. The normalized spacial score (nSPS) is 19.7. The summed E-state index contributed by atoms with van der Waals surface area (Å²) in [6.07, 6.45) is -0.809. The summed E-state index contributed by atoms with van der Waals surface area (Å²) in [7, 11) is 1.49. The first-order valence-electron chi connectivity index (χ1n) is 7.02. The van der Waals surface area contributed by atoms with Crippen LogP contribution in [0.5, 0.6) is 5.75 Å². The number of hydrogen-bond acceptors (Lipinski definition) is 3. The molecule has 2 aromatic rings. The fourth-order valence-electron chi connectivity index (χ4n) is 2.39. The number of halogens is 2. The van der Waals surface area contributed by atoms with Gasteiger partial charge < -0.3 is 9.47 Å². The van der Waals surface area contributed by atoms with E-state index in [0.717, 1.165) is 6.08 Å². The molecule has 0 fully saturated rings. The van der Waals surface area contributed by atoms with Crippen LogP contribution >= 0.6 is 0 Å². The van der Waals surface area contributed by atoms with Crippen LogP contribution in [-0.2, 0) is 9.53 Å². The number of benzene rings is 2. The van der Waals surface area contributed by atoms with Crippen LogP contribution in [0, 0.1) is 0 Å². The molecule has 1 unspecified atom stereocenters. The number of hydrogen-bond donors (Lipinski definition) is 0. The van der Waals surface area contributed by atoms with Gasteiger partial charge in [-0.3, -0.25) is 4.79 Å². The first-order chi connectivity index (χ1) is 11.0. The van der Waals surface area contributed by atoms with Gasteiger partial charge >= 0.3 is 5.92 Å². The molecule has 0 amide bonds. The van der Waals surface area contributed by atoms with Crippen LogP contribution in [0.3, 0.4) is 0 Å². The minimum atomic E-state index is -3.62. The largest absolute Gasteiger partial charge is 0.497 e. The fourth-order valence-corrected chi connectivity index (χ4v) is 2.39. The molecule has 0 saturated heterocycles. The second-order valence-electron chi connectivity index (χ2n) is 5.13. The van der Waals surface area contributed by atoms with Gasteiger partial charge in [0.2, 0.25) is 5.78 Å². The maximum atomic E-state index is 14.3. The van der Waals surface area contributed by atoms with Gasteiger partial charge in [-0.15, -0.1) is 0 Å². The van der Waals surface area contributed by atoms with Crippen molar-refractivity contribution < 1.29 is 23.0 Å². The molecule has 1 aliphatic heterocycles. The maximum Gasteiger partial charge on any atom is 0.349 e. The van der Waals surface area contributed by atoms with Crippen molar-refractivity contribution in [3.05, 3.63) is 71.8 Å². The van der Waals surface area contributed by atoms with Crippen LogP contribution in [0.15, 0.2) is 60.7 Å². The van der Waals surface area contributed by atoms with Crippen LogP contribution < -0.4 is 4.74 Å². The molecule has 3 rings (SSSR count). The second kappa shape index (κ2) is 5.83. The lowest BCUT2D eigenvalue weighted by molar-refractivity contribution is -0.159. The molecule has 5 heteroatoms. The zero-order chi connectivity index (χ0) is 16.4. The Bertz CT molecular complexity index is 737. The molecule has 0 aliphatic carbocycles. The molecular formula is C18H14F2O3. The van der Waals surface area contributed by atoms with E-state index in [0.29, 0.717) is 11.3 Å². The third-order valence-electron chi connectivity index (χ3n) is 3.64. The van der Waals surface area contributed by atoms with Crippen LogP contribution in [0.2, 0.25) is 0 Å². The van der Waals surface area contributed by atoms with Crippen molar-refractivity contribution in [1.82, 2.24) is 0 Å². The van der Waals surface area contributed by atoms with Gasteiger partial charge in [0.1, 0.15) is 11.5 Å². The Hall–Kier alpha value is -2.69. The van der Waals surface area contributed by atoms with E-state index in [9.17, 15) is 13.6 Å². The van der Waals surface area contributed by atoms with Gasteiger partial charge in [0.05, 0.1) is 7.11 Å². The van der Waals surface area contributed by atoms with Gasteiger partial charge in [-0.25, -0.2) is 0 Å². The summed E-state index contributed by atoms with van der Waals surface area (Å²) in [6.45, 7) is 0. The van der Waals surface area contributed by atoms with E-state index in [4.69, 9.17) is 9.47 Å². The van der Waals surface area contributed by atoms with Crippen LogP contribution in [0.4, 0.5) is 8.78 Å². The Kier molecular flexibility index (Phi) is 3.86.